The van der Waals surface area contributed by atoms with Gasteiger partial charge in [-0.15, -0.1) is 0 Å². The molecule has 0 bridgehead atoms. The van der Waals surface area contributed by atoms with Crippen LogP contribution in [0.15, 0.2) is 18.2 Å². The minimum atomic E-state index is -1.98. The van der Waals surface area contributed by atoms with Crippen LogP contribution in [0.3, 0.4) is 0 Å². The van der Waals surface area contributed by atoms with Crippen molar-refractivity contribution in [2.45, 2.75) is 51.4 Å². The molecule has 2 amide bonds. The van der Waals surface area contributed by atoms with E-state index in [4.69, 9.17) is 10.2 Å². The van der Waals surface area contributed by atoms with Crippen molar-refractivity contribution >= 4 is 20.1 Å². The molecule has 3 N–H and O–H groups in total. The fourth-order valence-electron chi connectivity index (χ4n) is 1.81. The standard InChI is InChI=1S/C17H26F2N2O3Si/c1-17(2,3)25(4,5)24-9-8-14(15(20)22)21-16(23)11-6-7-12(18)13(19)10-11/h6-7,10,14H,8-9H2,1-5H3,(H2,20,22)(H,21,23)/t14-/m1/s1. The molecule has 0 fully saturated rings. The van der Waals surface area contributed by atoms with E-state index >= 15 is 0 Å². The predicted octanol–water partition coefficient (Wildman–Crippen LogP) is 2.96. The molecular formula is C17H26F2N2O3Si. The zero-order chi connectivity index (χ0) is 19.4. The summed E-state index contributed by atoms with van der Waals surface area (Å²) in [7, 11) is -1.98. The first kappa shape index (κ1) is 21.2. The molecule has 0 saturated carbocycles. The molecule has 140 valence electrons. The maximum atomic E-state index is 13.2. The van der Waals surface area contributed by atoms with E-state index in [2.05, 4.69) is 39.2 Å². The van der Waals surface area contributed by atoms with Crippen molar-refractivity contribution in [3.05, 3.63) is 35.4 Å². The highest BCUT2D eigenvalue weighted by Crippen LogP contribution is 2.36. The molecule has 0 spiro atoms. The number of primary amides is 1. The van der Waals surface area contributed by atoms with E-state index in [1.54, 1.807) is 0 Å². The zero-order valence-corrected chi connectivity index (χ0v) is 16.3. The number of hydrogen-bond acceptors (Lipinski definition) is 3. The van der Waals surface area contributed by atoms with E-state index in [9.17, 15) is 18.4 Å². The Labute approximate surface area is 148 Å². The van der Waals surface area contributed by atoms with Crippen LogP contribution in [0, 0.1) is 11.6 Å². The van der Waals surface area contributed by atoms with Crippen molar-refractivity contribution in [3.8, 4) is 0 Å². The predicted molar refractivity (Wildman–Crippen MR) is 94.6 cm³/mol. The number of carbonyl (C=O) groups excluding carboxylic acids is 2. The highest BCUT2D eigenvalue weighted by atomic mass is 28.4. The SMILES string of the molecule is CC(C)(C)[Si](C)(C)OCC[C@@H](NC(=O)c1ccc(F)c(F)c1)C(N)=O. The van der Waals surface area contributed by atoms with E-state index in [0.717, 1.165) is 18.2 Å². The number of halogens is 2. The smallest absolute Gasteiger partial charge is 0.252 e. The quantitative estimate of drug-likeness (QED) is 0.722. The Balaban J connectivity index is 2.70. The molecule has 0 aliphatic carbocycles. The van der Waals surface area contributed by atoms with Crippen LogP contribution in [0.25, 0.3) is 0 Å². The minimum Gasteiger partial charge on any atom is -0.417 e. The second-order valence-corrected chi connectivity index (χ2v) is 12.3. The normalized spacial score (nSPS) is 13.4. The van der Waals surface area contributed by atoms with Gasteiger partial charge in [0.05, 0.1) is 0 Å². The van der Waals surface area contributed by atoms with Gasteiger partial charge in [-0.05, 0) is 42.8 Å². The molecular weight excluding hydrogens is 346 g/mol. The Morgan fingerprint density at radius 1 is 1.24 bits per heavy atom. The Kier molecular flexibility index (Phi) is 6.84. The van der Waals surface area contributed by atoms with Gasteiger partial charge < -0.3 is 15.5 Å². The number of carbonyl (C=O) groups is 2. The van der Waals surface area contributed by atoms with Gasteiger partial charge in [-0.3, -0.25) is 9.59 Å². The summed E-state index contributed by atoms with van der Waals surface area (Å²) < 4.78 is 32.1. The van der Waals surface area contributed by atoms with Crippen LogP contribution in [0.2, 0.25) is 18.1 Å². The van der Waals surface area contributed by atoms with Gasteiger partial charge in [-0.25, -0.2) is 8.78 Å². The second kappa shape index (κ2) is 8.05. The monoisotopic (exact) mass is 372 g/mol. The number of nitrogens with one attached hydrogen (secondary N) is 1. The lowest BCUT2D eigenvalue weighted by Crippen LogP contribution is -2.47. The summed E-state index contributed by atoms with van der Waals surface area (Å²) in [5.41, 5.74) is 5.23. The topological polar surface area (TPSA) is 81.4 Å². The van der Waals surface area contributed by atoms with Gasteiger partial charge in [-0.2, -0.15) is 0 Å². The summed E-state index contributed by atoms with van der Waals surface area (Å²) in [6, 6.07) is 1.81. The first-order valence-corrected chi connectivity index (χ1v) is 10.9. The summed E-state index contributed by atoms with van der Waals surface area (Å²) in [5.74, 6) is -3.60. The average Bonchev–Trinajstić information content (AvgIpc) is 2.47. The summed E-state index contributed by atoms with van der Waals surface area (Å²) in [6.45, 7) is 10.7. The maximum Gasteiger partial charge on any atom is 0.252 e. The van der Waals surface area contributed by atoms with Gasteiger partial charge >= 0.3 is 0 Å². The highest BCUT2D eigenvalue weighted by Gasteiger charge is 2.37. The first-order valence-electron chi connectivity index (χ1n) is 8.04. The van der Waals surface area contributed by atoms with Crippen LogP contribution in [0.5, 0.6) is 0 Å². The van der Waals surface area contributed by atoms with Crippen LogP contribution < -0.4 is 11.1 Å². The summed E-state index contributed by atoms with van der Waals surface area (Å²) >= 11 is 0. The highest BCUT2D eigenvalue weighted by molar-refractivity contribution is 6.74. The van der Waals surface area contributed by atoms with Crippen LogP contribution >= 0.6 is 0 Å². The lowest BCUT2D eigenvalue weighted by molar-refractivity contribution is -0.120. The van der Waals surface area contributed by atoms with Crippen molar-refractivity contribution in [1.82, 2.24) is 5.32 Å². The van der Waals surface area contributed by atoms with Gasteiger partial charge in [0.1, 0.15) is 6.04 Å². The van der Waals surface area contributed by atoms with Crippen LogP contribution in [-0.2, 0) is 9.22 Å². The van der Waals surface area contributed by atoms with Crippen molar-refractivity contribution in [3.63, 3.8) is 0 Å². The molecule has 0 aliphatic heterocycles. The van der Waals surface area contributed by atoms with E-state index in [1.807, 2.05) is 0 Å². The minimum absolute atomic E-state index is 0.0180. The lowest BCUT2D eigenvalue weighted by atomic mass is 10.1. The fraction of sp³-hybridized carbons (Fsp3) is 0.529. The van der Waals surface area contributed by atoms with E-state index in [1.165, 1.54) is 0 Å². The van der Waals surface area contributed by atoms with Crippen LogP contribution in [0.4, 0.5) is 8.78 Å². The third-order valence-electron chi connectivity index (χ3n) is 4.51. The van der Waals surface area contributed by atoms with Gasteiger partial charge in [0.2, 0.25) is 5.91 Å². The largest absolute Gasteiger partial charge is 0.417 e. The fourth-order valence-corrected chi connectivity index (χ4v) is 2.87. The number of benzene rings is 1. The molecule has 5 nitrogen and oxygen atoms in total. The third-order valence-corrected chi connectivity index (χ3v) is 9.04. The lowest BCUT2D eigenvalue weighted by Gasteiger charge is -2.36. The number of amides is 2. The Hall–Kier alpha value is -1.80. The van der Waals surface area contributed by atoms with Crippen LogP contribution in [-0.4, -0.2) is 32.8 Å². The summed E-state index contributed by atoms with van der Waals surface area (Å²) in [6.07, 6.45) is 0.206. The molecule has 25 heavy (non-hydrogen) atoms. The molecule has 1 aromatic carbocycles. The molecule has 1 atom stereocenters. The molecule has 1 rings (SSSR count). The Morgan fingerprint density at radius 3 is 2.32 bits per heavy atom. The molecule has 0 aliphatic rings. The van der Waals surface area contributed by atoms with Crippen molar-refractivity contribution in [2.75, 3.05) is 6.61 Å². The molecule has 0 unspecified atom stereocenters. The maximum absolute atomic E-state index is 13.2. The molecule has 0 heterocycles. The molecule has 0 aromatic heterocycles. The average molecular weight is 372 g/mol. The van der Waals surface area contributed by atoms with Gasteiger partial charge in [0.25, 0.3) is 5.91 Å². The van der Waals surface area contributed by atoms with Crippen LogP contribution in [0.1, 0.15) is 37.6 Å². The number of rotatable bonds is 7. The second-order valence-electron chi connectivity index (χ2n) is 7.45. The summed E-state index contributed by atoms with van der Waals surface area (Å²) in [4.78, 5) is 23.7. The van der Waals surface area contributed by atoms with Gasteiger partial charge in [-0.1, -0.05) is 20.8 Å². The van der Waals surface area contributed by atoms with Gasteiger partial charge in [0.15, 0.2) is 20.0 Å². The zero-order valence-electron chi connectivity index (χ0n) is 15.3. The van der Waals surface area contributed by atoms with Crippen molar-refractivity contribution in [2.24, 2.45) is 5.73 Å². The molecule has 8 heteroatoms. The van der Waals surface area contributed by atoms with E-state index in [0.29, 0.717) is 0 Å². The third kappa shape index (κ3) is 5.89. The Morgan fingerprint density at radius 2 is 1.84 bits per heavy atom. The molecule has 1 aromatic rings. The molecule has 0 radical (unpaired) electrons. The van der Waals surface area contributed by atoms with E-state index in [-0.39, 0.29) is 23.6 Å². The molecule has 0 saturated heterocycles. The first-order chi connectivity index (χ1) is 11.3. The van der Waals surface area contributed by atoms with Gasteiger partial charge in [0, 0.05) is 12.2 Å². The number of nitrogens with two attached hydrogens (primary N) is 1. The van der Waals surface area contributed by atoms with Crippen molar-refractivity contribution < 1.29 is 22.8 Å². The Bertz CT molecular complexity index is 645. The van der Waals surface area contributed by atoms with Crippen molar-refractivity contribution in [1.29, 1.82) is 0 Å². The summed E-state index contributed by atoms with van der Waals surface area (Å²) in [5, 5.41) is 2.46. The van der Waals surface area contributed by atoms with E-state index < -0.39 is 37.8 Å². The number of hydrogen-bond donors (Lipinski definition) is 2.